The number of carboxylic acid groups (broad SMARTS) is 1. The van der Waals surface area contributed by atoms with Crippen LogP contribution in [0.3, 0.4) is 0 Å². The summed E-state index contributed by atoms with van der Waals surface area (Å²) < 4.78 is 0. The summed E-state index contributed by atoms with van der Waals surface area (Å²) in [7, 11) is 0. The third-order valence-corrected chi connectivity index (χ3v) is 5.31. The zero-order chi connectivity index (χ0) is 14.1. The highest BCUT2D eigenvalue weighted by Gasteiger charge is 2.48. The monoisotopic (exact) mass is 279 g/mol. The van der Waals surface area contributed by atoms with E-state index in [4.69, 9.17) is 0 Å². The standard InChI is InChI=1S/C16H25NO3/c18-15(17-14(16(19)20)8-10-6-7-10)13-9-12(13)11-4-2-1-3-5-11/h10-14H,1-9H2,(H,17,18)(H,19,20). The summed E-state index contributed by atoms with van der Waals surface area (Å²) in [6.45, 7) is 0. The Morgan fingerprint density at radius 2 is 1.80 bits per heavy atom. The maximum absolute atomic E-state index is 12.2. The first-order valence-corrected chi connectivity index (χ1v) is 8.18. The summed E-state index contributed by atoms with van der Waals surface area (Å²) >= 11 is 0. The van der Waals surface area contributed by atoms with E-state index in [2.05, 4.69) is 5.32 Å². The van der Waals surface area contributed by atoms with Crippen molar-refractivity contribution in [3.05, 3.63) is 0 Å². The molecule has 3 fully saturated rings. The number of nitrogens with one attached hydrogen (secondary N) is 1. The molecule has 3 saturated carbocycles. The van der Waals surface area contributed by atoms with Gasteiger partial charge in [0.05, 0.1) is 0 Å². The van der Waals surface area contributed by atoms with E-state index in [0.29, 0.717) is 24.2 Å². The van der Waals surface area contributed by atoms with Gasteiger partial charge in [-0.2, -0.15) is 0 Å². The van der Waals surface area contributed by atoms with Crippen molar-refractivity contribution in [3.8, 4) is 0 Å². The summed E-state index contributed by atoms with van der Waals surface area (Å²) in [6, 6.07) is -0.664. The number of hydrogen-bond donors (Lipinski definition) is 2. The van der Waals surface area contributed by atoms with Crippen molar-refractivity contribution >= 4 is 11.9 Å². The van der Waals surface area contributed by atoms with Gasteiger partial charge in [-0.15, -0.1) is 0 Å². The molecule has 1 amide bonds. The third kappa shape index (κ3) is 3.33. The minimum Gasteiger partial charge on any atom is -0.480 e. The van der Waals surface area contributed by atoms with Gasteiger partial charge in [-0.1, -0.05) is 44.9 Å². The second-order valence-corrected chi connectivity index (χ2v) is 6.98. The van der Waals surface area contributed by atoms with Crippen molar-refractivity contribution < 1.29 is 14.7 Å². The molecule has 20 heavy (non-hydrogen) atoms. The normalized spacial score (nSPS) is 31.6. The summed E-state index contributed by atoms with van der Waals surface area (Å²) in [4.78, 5) is 23.4. The first-order valence-electron chi connectivity index (χ1n) is 8.18. The second kappa shape index (κ2) is 5.74. The number of hydrogen-bond acceptors (Lipinski definition) is 2. The fourth-order valence-corrected chi connectivity index (χ4v) is 3.79. The lowest BCUT2D eigenvalue weighted by molar-refractivity contribution is -0.142. The van der Waals surface area contributed by atoms with Gasteiger partial charge in [0.2, 0.25) is 5.91 Å². The molecule has 0 aliphatic heterocycles. The van der Waals surface area contributed by atoms with E-state index in [1.807, 2.05) is 0 Å². The molecule has 112 valence electrons. The zero-order valence-corrected chi connectivity index (χ0v) is 12.0. The zero-order valence-electron chi connectivity index (χ0n) is 12.0. The first-order chi connectivity index (χ1) is 9.65. The Balaban J connectivity index is 1.47. The summed E-state index contributed by atoms with van der Waals surface area (Å²) in [5.41, 5.74) is 0. The van der Waals surface area contributed by atoms with Gasteiger partial charge < -0.3 is 10.4 Å². The van der Waals surface area contributed by atoms with Crippen molar-refractivity contribution in [2.24, 2.45) is 23.7 Å². The molecule has 3 aliphatic rings. The van der Waals surface area contributed by atoms with Crippen molar-refractivity contribution in [1.82, 2.24) is 5.32 Å². The molecule has 0 aromatic heterocycles. The van der Waals surface area contributed by atoms with Gasteiger partial charge in [0.1, 0.15) is 6.04 Å². The summed E-state index contributed by atoms with van der Waals surface area (Å²) in [5, 5.41) is 12.0. The molecule has 3 aliphatic carbocycles. The Bertz CT molecular complexity index is 385. The molecular formula is C16H25NO3. The van der Waals surface area contributed by atoms with Crippen LogP contribution in [0.2, 0.25) is 0 Å². The molecule has 3 rings (SSSR count). The topological polar surface area (TPSA) is 66.4 Å². The Morgan fingerprint density at radius 3 is 2.40 bits per heavy atom. The minimum absolute atomic E-state index is 0.00590. The third-order valence-electron chi connectivity index (χ3n) is 5.31. The maximum atomic E-state index is 12.2. The molecule has 0 saturated heterocycles. The predicted octanol–water partition coefficient (Wildman–Crippen LogP) is 2.57. The first kappa shape index (κ1) is 13.9. The van der Waals surface area contributed by atoms with Gasteiger partial charge in [0, 0.05) is 5.92 Å². The molecule has 4 nitrogen and oxygen atoms in total. The lowest BCUT2D eigenvalue weighted by Crippen LogP contribution is -2.42. The SMILES string of the molecule is O=C(O)C(CC1CC1)NC(=O)C1CC1C1CCCCC1. The van der Waals surface area contributed by atoms with Gasteiger partial charge in [-0.25, -0.2) is 4.79 Å². The molecular weight excluding hydrogens is 254 g/mol. The quantitative estimate of drug-likeness (QED) is 0.785. The van der Waals surface area contributed by atoms with E-state index in [1.54, 1.807) is 0 Å². The van der Waals surface area contributed by atoms with Gasteiger partial charge in [-0.05, 0) is 30.6 Å². The van der Waals surface area contributed by atoms with E-state index in [1.165, 1.54) is 32.1 Å². The molecule has 2 N–H and O–H groups in total. The largest absolute Gasteiger partial charge is 0.480 e. The number of carbonyl (C=O) groups is 2. The lowest BCUT2D eigenvalue weighted by atomic mass is 9.85. The van der Waals surface area contributed by atoms with E-state index < -0.39 is 12.0 Å². The van der Waals surface area contributed by atoms with Crippen molar-refractivity contribution in [3.63, 3.8) is 0 Å². The average molecular weight is 279 g/mol. The van der Waals surface area contributed by atoms with Crippen LogP contribution in [-0.4, -0.2) is 23.0 Å². The van der Waals surface area contributed by atoms with Crippen LogP contribution >= 0.6 is 0 Å². The van der Waals surface area contributed by atoms with Gasteiger partial charge in [-0.3, -0.25) is 4.79 Å². The van der Waals surface area contributed by atoms with Crippen molar-refractivity contribution in [2.75, 3.05) is 0 Å². The molecule has 0 bridgehead atoms. The van der Waals surface area contributed by atoms with Crippen LogP contribution in [0.1, 0.15) is 57.8 Å². The van der Waals surface area contributed by atoms with Crippen LogP contribution in [0.25, 0.3) is 0 Å². The van der Waals surface area contributed by atoms with E-state index in [0.717, 1.165) is 19.3 Å². The molecule has 3 unspecified atom stereocenters. The Kier molecular flexibility index (Phi) is 3.99. The highest BCUT2D eigenvalue weighted by molar-refractivity contribution is 5.86. The van der Waals surface area contributed by atoms with E-state index in [9.17, 15) is 14.7 Å². The van der Waals surface area contributed by atoms with Crippen LogP contribution < -0.4 is 5.32 Å². The number of carboxylic acids is 1. The van der Waals surface area contributed by atoms with Gasteiger partial charge >= 0.3 is 5.97 Å². The lowest BCUT2D eigenvalue weighted by Gasteiger charge is -2.21. The molecule has 4 heteroatoms. The number of amides is 1. The van der Waals surface area contributed by atoms with Crippen LogP contribution in [-0.2, 0) is 9.59 Å². The summed E-state index contributed by atoms with van der Waals surface area (Å²) in [5.74, 6) is 0.981. The number of carbonyl (C=O) groups excluding carboxylic acids is 1. The molecule has 0 aromatic carbocycles. The summed E-state index contributed by atoms with van der Waals surface area (Å²) in [6.07, 6.45) is 10.3. The van der Waals surface area contributed by atoms with Crippen LogP contribution in [0, 0.1) is 23.7 Å². The van der Waals surface area contributed by atoms with Crippen molar-refractivity contribution in [2.45, 2.75) is 63.8 Å². The Hall–Kier alpha value is -1.06. The van der Waals surface area contributed by atoms with E-state index >= 15 is 0 Å². The fraction of sp³-hybridized carbons (Fsp3) is 0.875. The smallest absolute Gasteiger partial charge is 0.326 e. The predicted molar refractivity (Wildman–Crippen MR) is 75.1 cm³/mol. The molecule has 0 spiro atoms. The number of rotatable bonds is 6. The molecule has 0 radical (unpaired) electrons. The Morgan fingerprint density at radius 1 is 1.10 bits per heavy atom. The fourth-order valence-electron chi connectivity index (χ4n) is 3.79. The number of aliphatic carboxylic acids is 1. The molecule has 0 aromatic rings. The van der Waals surface area contributed by atoms with Crippen LogP contribution in [0.5, 0.6) is 0 Å². The van der Waals surface area contributed by atoms with Crippen LogP contribution in [0.4, 0.5) is 0 Å². The maximum Gasteiger partial charge on any atom is 0.326 e. The second-order valence-electron chi connectivity index (χ2n) is 6.98. The van der Waals surface area contributed by atoms with Crippen LogP contribution in [0.15, 0.2) is 0 Å². The minimum atomic E-state index is -0.875. The highest BCUT2D eigenvalue weighted by atomic mass is 16.4. The average Bonchev–Trinajstić information content (AvgIpc) is 3.32. The Labute approximate surface area is 120 Å². The highest BCUT2D eigenvalue weighted by Crippen LogP contribution is 2.49. The van der Waals surface area contributed by atoms with Gasteiger partial charge in [0.15, 0.2) is 0 Å². The van der Waals surface area contributed by atoms with Crippen molar-refractivity contribution in [1.29, 1.82) is 0 Å². The van der Waals surface area contributed by atoms with E-state index in [-0.39, 0.29) is 11.8 Å². The molecule has 0 heterocycles. The molecule has 3 atom stereocenters. The van der Waals surface area contributed by atoms with Gasteiger partial charge in [0.25, 0.3) is 0 Å².